The molecule has 2 aromatic carbocycles. The topological polar surface area (TPSA) is 412 Å². The summed E-state index contributed by atoms with van der Waals surface area (Å²) in [5, 5.41) is 71.0. The molecular weight excluding hydrogens is 1120 g/mol. The molecule has 0 radical (unpaired) electrons. The maximum Gasteiger partial charge on any atom is 0.343 e. The molecule has 9 rings (SSSR count). The van der Waals surface area contributed by atoms with Crippen molar-refractivity contribution in [1.82, 2.24) is 46.8 Å². The fraction of sp³-hybridized carbons (Fsp3) is 0.534. The van der Waals surface area contributed by atoms with Crippen molar-refractivity contribution in [2.45, 2.75) is 140 Å². The predicted molar refractivity (Wildman–Crippen MR) is 302 cm³/mol. The molecule has 14 N–H and O–H groups in total. The van der Waals surface area contributed by atoms with E-state index in [1.54, 1.807) is 44.4 Å². The van der Waals surface area contributed by atoms with Crippen LogP contribution in [0, 0.1) is 5.41 Å². The summed E-state index contributed by atoms with van der Waals surface area (Å²) in [7, 11) is 0. The maximum atomic E-state index is 14.3. The van der Waals surface area contributed by atoms with Gasteiger partial charge in [0.1, 0.15) is 43.9 Å². The number of hydrogen-bond donors (Lipinski definition) is 13. The molecule has 4 aliphatic heterocycles. The normalized spacial score (nSPS) is 22.7. The number of benzene rings is 2. The number of amides is 6. The second kappa shape index (κ2) is 26.5. The van der Waals surface area contributed by atoms with Gasteiger partial charge in [0.25, 0.3) is 5.56 Å². The average molecular weight is 1200 g/mol. The molecule has 1 aliphatic carbocycles. The van der Waals surface area contributed by atoms with Crippen molar-refractivity contribution < 1.29 is 82.8 Å². The minimum absolute atomic E-state index is 0.0177. The summed E-state index contributed by atoms with van der Waals surface area (Å²) in [6.07, 6.45) is -6.01. The number of ether oxygens (including phenoxy) is 5. The molecule has 0 bridgehead atoms. The van der Waals surface area contributed by atoms with Crippen LogP contribution in [-0.2, 0) is 79.4 Å². The van der Waals surface area contributed by atoms with E-state index < -0.39 is 126 Å². The molecule has 10 atom stereocenters. The van der Waals surface area contributed by atoms with Gasteiger partial charge in [-0.05, 0) is 70.1 Å². The van der Waals surface area contributed by atoms with Crippen LogP contribution in [0.5, 0.6) is 11.5 Å². The van der Waals surface area contributed by atoms with Crippen LogP contribution in [-0.4, -0.2) is 178 Å². The Balaban J connectivity index is 0.733. The molecule has 86 heavy (non-hydrogen) atoms. The molecule has 1 saturated heterocycles. The van der Waals surface area contributed by atoms with Crippen molar-refractivity contribution in [2.75, 3.05) is 52.9 Å². The number of esters is 1. The Morgan fingerprint density at radius 2 is 1.62 bits per heavy atom. The lowest BCUT2D eigenvalue weighted by Gasteiger charge is -2.40. The van der Waals surface area contributed by atoms with Crippen molar-refractivity contribution in [3.05, 3.63) is 86.2 Å². The van der Waals surface area contributed by atoms with E-state index in [0.29, 0.717) is 53.2 Å². The summed E-state index contributed by atoms with van der Waals surface area (Å²) < 4.78 is 29.8. The van der Waals surface area contributed by atoms with Gasteiger partial charge in [0, 0.05) is 53.2 Å². The van der Waals surface area contributed by atoms with E-state index in [1.165, 1.54) is 0 Å². The highest BCUT2D eigenvalue weighted by Crippen LogP contribution is 2.50. The molecule has 4 aromatic rings. The number of pyridine rings is 2. The van der Waals surface area contributed by atoms with Gasteiger partial charge < -0.3 is 96.7 Å². The molecule has 0 saturated carbocycles. The highest BCUT2D eigenvalue weighted by molar-refractivity contribution is 5.96. The first-order valence-electron chi connectivity index (χ1n) is 28.6. The zero-order valence-electron chi connectivity index (χ0n) is 48.1. The number of fused-ring (bicyclic) bond motifs is 7. The highest BCUT2D eigenvalue weighted by Gasteiger charge is 2.47. The van der Waals surface area contributed by atoms with E-state index in [0.717, 1.165) is 22.1 Å². The van der Waals surface area contributed by atoms with Gasteiger partial charge in [-0.25, -0.2) is 9.78 Å². The second-order valence-electron chi connectivity index (χ2n) is 22.8. The molecule has 2 aromatic heterocycles. The van der Waals surface area contributed by atoms with Crippen LogP contribution < -0.4 is 58.0 Å². The predicted octanol–water partition coefficient (Wildman–Crippen LogP) is -2.97. The third-order valence-corrected chi connectivity index (χ3v) is 16.5. The van der Waals surface area contributed by atoms with Crippen molar-refractivity contribution >= 4 is 52.3 Å². The molecule has 28 nitrogen and oxygen atoms in total. The quantitative estimate of drug-likeness (QED) is 0.0158. The maximum absolute atomic E-state index is 14.3. The largest absolute Gasteiger partial charge is 0.458 e. The first-order valence-corrected chi connectivity index (χ1v) is 28.6. The molecule has 1 fully saturated rings. The Morgan fingerprint density at radius 1 is 0.884 bits per heavy atom. The first-order chi connectivity index (χ1) is 41.0. The van der Waals surface area contributed by atoms with Crippen molar-refractivity contribution in [2.24, 2.45) is 11.1 Å². The Morgan fingerprint density at radius 3 is 2.36 bits per heavy atom. The first kappa shape index (κ1) is 62.8. The SMILES string of the molecule is CC[C@@]1(O)C(=O)OCc2c1cc1n(c2=O)Cc2c-1nc1cc3c(c4c1c2[C@@H](NC(=O)C(C)(C)COCNC(=O)CN[C@@H](C)[C@H](Cc1ccccc1)NC(=O)CNC(=O)CNC(=O)[C@@H](N)CCC(=O)NC[C@@H]1O[C@H](CO)[C@@H](O)[C@H](O)[C@H]1O)CC4)OCO3. The summed E-state index contributed by atoms with van der Waals surface area (Å²) in [6.45, 7) is 4.31. The highest BCUT2D eigenvalue weighted by atomic mass is 16.7. The molecule has 464 valence electrons. The van der Waals surface area contributed by atoms with Crippen LogP contribution in [0.2, 0.25) is 0 Å². The number of aryl methyl sites for hydroxylation is 1. The third kappa shape index (κ3) is 13.3. The van der Waals surface area contributed by atoms with Crippen LogP contribution in [0.3, 0.4) is 0 Å². The summed E-state index contributed by atoms with van der Waals surface area (Å²) >= 11 is 0. The van der Waals surface area contributed by atoms with E-state index in [9.17, 15) is 63.9 Å². The number of aliphatic hydroxyl groups excluding tert-OH is 4. The number of cyclic esters (lactones) is 1. The number of hydrogen-bond acceptors (Lipinski definition) is 21. The molecule has 28 heteroatoms. The van der Waals surface area contributed by atoms with E-state index in [-0.39, 0.29) is 82.7 Å². The number of nitrogens with two attached hydrogens (primary N) is 1. The lowest BCUT2D eigenvalue weighted by Crippen LogP contribution is -2.60. The molecule has 0 spiro atoms. The summed E-state index contributed by atoms with van der Waals surface area (Å²) in [6, 6.07) is 9.90. The number of aliphatic hydroxyl groups is 5. The van der Waals surface area contributed by atoms with E-state index in [4.69, 9.17) is 34.4 Å². The molecule has 5 aliphatic rings. The van der Waals surface area contributed by atoms with Gasteiger partial charge in [-0.1, -0.05) is 37.3 Å². The van der Waals surface area contributed by atoms with E-state index in [1.807, 2.05) is 30.3 Å². The van der Waals surface area contributed by atoms with Gasteiger partial charge in [0.15, 0.2) is 17.1 Å². The number of rotatable bonds is 25. The van der Waals surface area contributed by atoms with Crippen molar-refractivity contribution in [1.29, 1.82) is 0 Å². The minimum Gasteiger partial charge on any atom is -0.458 e. The van der Waals surface area contributed by atoms with Crippen molar-refractivity contribution in [3.8, 4) is 22.9 Å². The van der Waals surface area contributed by atoms with Crippen molar-refractivity contribution in [3.63, 3.8) is 0 Å². The summed E-state index contributed by atoms with van der Waals surface area (Å²) in [4.78, 5) is 110. The second-order valence-corrected chi connectivity index (χ2v) is 22.8. The van der Waals surface area contributed by atoms with Crippen LogP contribution in [0.25, 0.3) is 22.3 Å². The Hall–Kier alpha value is -7.67. The lowest BCUT2D eigenvalue weighted by molar-refractivity contribution is -0.227. The Labute approximate surface area is 493 Å². The Kier molecular flexibility index (Phi) is 19.4. The van der Waals surface area contributed by atoms with E-state index in [2.05, 4.69) is 37.2 Å². The lowest BCUT2D eigenvalue weighted by atomic mass is 9.82. The minimum atomic E-state index is -2.02. The molecular formula is C58H74N10O18. The van der Waals surface area contributed by atoms with Crippen LogP contribution in [0.1, 0.15) is 92.8 Å². The summed E-state index contributed by atoms with van der Waals surface area (Å²) in [5.74, 6) is -3.06. The third-order valence-electron chi connectivity index (χ3n) is 16.5. The fourth-order valence-corrected chi connectivity index (χ4v) is 11.3. The number of aromatic nitrogens is 2. The molecule has 6 heterocycles. The number of carbonyl (C=O) groups excluding carboxylic acids is 7. The molecule has 6 amide bonds. The van der Waals surface area contributed by atoms with Crippen LogP contribution >= 0.6 is 0 Å². The van der Waals surface area contributed by atoms with E-state index >= 15 is 0 Å². The smallest absolute Gasteiger partial charge is 0.343 e. The number of nitrogens with one attached hydrogen (secondary N) is 7. The van der Waals surface area contributed by atoms with Gasteiger partial charge in [-0.3, -0.25) is 33.6 Å². The zero-order valence-corrected chi connectivity index (χ0v) is 48.1. The zero-order chi connectivity index (χ0) is 61.8. The monoisotopic (exact) mass is 1200 g/mol. The Bertz CT molecular complexity index is 3320. The number of carbonyl (C=O) groups is 7. The number of nitrogens with zero attached hydrogens (tertiary/aromatic N) is 2. The van der Waals surface area contributed by atoms with Crippen LogP contribution in [0.4, 0.5) is 0 Å². The van der Waals surface area contributed by atoms with Gasteiger partial charge in [0.05, 0.1) is 79.4 Å². The van der Waals surface area contributed by atoms with Crippen LogP contribution in [0.15, 0.2) is 47.3 Å². The summed E-state index contributed by atoms with van der Waals surface area (Å²) in [5.41, 5.74) is 7.42. The van der Waals surface area contributed by atoms with Gasteiger partial charge in [0.2, 0.25) is 42.2 Å². The fourth-order valence-electron chi connectivity index (χ4n) is 11.3. The van der Waals surface area contributed by atoms with Gasteiger partial charge >= 0.3 is 5.97 Å². The average Bonchev–Trinajstić information content (AvgIpc) is 1.69. The standard InChI is InChI=1S/C58H74N10O18/c1-5-58(81)33-16-38-48-31(22-68(38)54(78)32(33)24-83-56(58)80)47-35(13-11-30-46(47)37(66-48)17-39-52(30)85-27-84-39)67-55(79)57(3,4)25-82-26-64-44(72)19-60-28(2)36(15-29-9-7-6-8-10-29)65-45(73)21-62-43(71)20-63-53(77)34(59)12-14-42(70)61-18-40-49(74)51(76)50(75)41(23-69)86-40/h6-10,16-17,28,34-36,40-41,49-51,60,69,74-76,81H,5,11-15,18-27,59H2,1-4H3,(H,61,70)(H,62,71)(H,63,77)(H,64,72)(H,65,73)(H,67,79)/t28-,34-,35-,36-,40-,41+,49-,50+,51+,58-/m0/s1. The van der Waals surface area contributed by atoms with Gasteiger partial charge in [-0.15, -0.1) is 0 Å². The van der Waals surface area contributed by atoms with Gasteiger partial charge in [-0.2, -0.15) is 0 Å². The molecule has 0 unspecified atom stereocenters.